The summed E-state index contributed by atoms with van der Waals surface area (Å²) in [4.78, 5) is 27.4. The second-order valence-corrected chi connectivity index (χ2v) is 8.53. The molecule has 33 heavy (non-hydrogen) atoms. The number of aromatic nitrogens is 3. The number of hydrogen-bond acceptors (Lipinski definition) is 5. The average molecular weight is 441 g/mol. The van der Waals surface area contributed by atoms with E-state index in [1.165, 1.54) is 19.3 Å². The number of aryl methyl sites for hydroxylation is 1. The maximum Gasteiger partial charge on any atom is 0.228 e. The molecule has 7 nitrogen and oxygen atoms in total. The van der Waals surface area contributed by atoms with Crippen LogP contribution in [0.15, 0.2) is 60.8 Å². The number of piperidine rings is 1. The summed E-state index contributed by atoms with van der Waals surface area (Å²) in [5, 5.41) is 7.43. The Morgan fingerprint density at radius 1 is 1.00 bits per heavy atom. The molecular formula is C26H28N6O. The van der Waals surface area contributed by atoms with Crippen molar-refractivity contribution in [3.8, 4) is 0 Å². The van der Waals surface area contributed by atoms with Crippen molar-refractivity contribution in [1.29, 1.82) is 0 Å². The molecule has 1 aliphatic heterocycles. The summed E-state index contributed by atoms with van der Waals surface area (Å²) in [6, 6.07) is 17.6. The molecule has 0 spiro atoms. The highest BCUT2D eigenvalue weighted by Crippen LogP contribution is 2.23. The van der Waals surface area contributed by atoms with Gasteiger partial charge in [-0.1, -0.05) is 18.2 Å². The van der Waals surface area contributed by atoms with E-state index in [2.05, 4.69) is 25.5 Å². The van der Waals surface area contributed by atoms with E-state index in [0.717, 1.165) is 58.4 Å². The number of carbonyl (C=O) groups excluding carboxylic acids is 1. The fraction of sp³-hybridized carbons (Fsp3) is 0.269. The number of amides is 1. The molecule has 4 aromatic rings. The van der Waals surface area contributed by atoms with Crippen LogP contribution in [-0.4, -0.2) is 33.9 Å². The van der Waals surface area contributed by atoms with Crippen molar-refractivity contribution >= 4 is 40.0 Å². The lowest BCUT2D eigenvalue weighted by Crippen LogP contribution is -2.31. The number of nitrogens with zero attached hydrogens (tertiary/aromatic N) is 3. The Morgan fingerprint density at radius 2 is 1.76 bits per heavy atom. The van der Waals surface area contributed by atoms with Gasteiger partial charge >= 0.3 is 0 Å². The van der Waals surface area contributed by atoms with Gasteiger partial charge in [-0.3, -0.25) is 4.79 Å². The zero-order chi connectivity index (χ0) is 22.6. The maximum atomic E-state index is 12.6. The average Bonchev–Trinajstić information content (AvgIpc) is 3.23. The Balaban J connectivity index is 1.22. The molecule has 0 radical (unpaired) electrons. The minimum Gasteiger partial charge on any atom is -0.361 e. The van der Waals surface area contributed by atoms with E-state index < -0.39 is 0 Å². The summed E-state index contributed by atoms with van der Waals surface area (Å²) in [7, 11) is 0. The van der Waals surface area contributed by atoms with Crippen LogP contribution in [0.2, 0.25) is 0 Å². The predicted octanol–water partition coefficient (Wildman–Crippen LogP) is 5.18. The van der Waals surface area contributed by atoms with Crippen molar-refractivity contribution < 1.29 is 4.79 Å². The number of aromatic amines is 1. The maximum absolute atomic E-state index is 12.6. The molecule has 2 aromatic heterocycles. The van der Waals surface area contributed by atoms with E-state index in [4.69, 9.17) is 4.98 Å². The number of H-pyrrole nitrogens is 1. The summed E-state index contributed by atoms with van der Waals surface area (Å²) in [5.74, 6) is 1.52. The van der Waals surface area contributed by atoms with Crippen LogP contribution in [0.5, 0.6) is 0 Å². The highest BCUT2D eigenvalue weighted by molar-refractivity contribution is 5.95. The fourth-order valence-electron chi connectivity index (χ4n) is 4.29. The van der Waals surface area contributed by atoms with Crippen LogP contribution < -0.4 is 15.5 Å². The van der Waals surface area contributed by atoms with Crippen molar-refractivity contribution in [2.24, 2.45) is 0 Å². The monoisotopic (exact) mass is 440 g/mol. The first-order valence-electron chi connectivity index (χ1n) is 11.5. The summed E-state index contributed by atoms with van der Waals surface area (Å²) in [6.07, 6.45) is 5.88. The highest BCUT2D eigenvalue weighted by Gasteiger charge is 2.15. The highest BCUT2D eigenvalue weighted by atomic mass is 16.1. The molecule has 0 bridgehead atoms. The summed E-state index contributed by atoms with van der Waals surface area (Å²) in [5.41, 5.74) is 4.64. The van der Waals surface area contributed by atoms with Crippen LogP contribution in [0, 0.1) is 6.92 Å². The normalized spacial score (nSPS) is 13.8. The van der Waals surface area contributed by atoms with Crippen LogP contribution in [0.4, 0.5) is 23.1 Å². The number of carbonyl (C=O) groups is 1. The number of rotatable bonds is 6. The third kappa shape index (κ3) is 4.98. The molecule has 1 aliphatic rings. The van der Waals surface area contributed by atoms with Gasteiger partial charge in [0, 0.05) is 53.3 Å². The first kappa shape index (κ1) is 21.0. The lowest BCUT2D eigenvalue weighted by molar-refractivity contribution is -0.115. The van der Waals surface area contributed by atoms with Crippen LogP contribution in [-0.2, 0) is 11.2 Å². The molecule has 3 heterocycles. The number of nitrogens with one attached hydrogen (secondary N) is 3. The Bertz CT molecular complexity index is 1260. The van der Waals surface area contributed by atoms with Crippen molar-refractivity contribution in [2.75, 3.05) is 28.6 Å². The molecule has 1 fully saturated rings. The van der Waals surface area contributed by atoms with Gasteiger partial charge in [0.2, 0.25) is 11.9 Å². The number of para-hydroxylation sites is 1. The molecular weight excluding hydrogens is 412 g/mol. The van der Waals surface area contributed by atoms with Gasteiger partial charge in [0.25, 0.3) is 0 Å². The number of benzene rings is 2. The molecule has 2 aromatic carbocycles. The predicted molar refractivity (Wildman–Crippen MR) is 133 cm³/mol. The first-order valence-corrected chi connectivity index (χ1v) is 11.5. The molecule has 7 heteroatoms. The zero-order valence-corrected chi connectivity index (χ0v) is 18.8. The Labute approximate surface area is 193 Å². The summed E-state index contributed by atoms with van der Waals surface area (Å²) < 4.78 is 0. The Kier molecular flexibility index (Phi) is 5.93. The van der Waals surface area contributed by atoms with E-state index in [0.29, 0.717) is 6.42 Å². The van der Waals surface area contributed by atoms with E-state index in [9.17, 15) is 4.79 Å². The van der Waals surface area contributed by atoms with Crippen molar-refractivity contribution in [1.82, 2.24) is 15.0 Å². The molecule has 1 saturated heterocycles. The van der Waals surface area contributed by atoms with Gasteiger partial charge < -0.3 is 20.5 Å². The molecule has 3 N–H and O–H groups in total. The van der Waals surface area contributed by atoms with E-state index in [1.54, 1.807) is 0 Å². The van der Waals surface area contributed by atoms with Crippen LogP contribution in [0.25, 0.3) is 10.9 Å². The quantitative estimate of drug-likeness (QED) is 0.385. The van der Waals surface area contributed by atoms with Crippen molar-refractivity contribution in [3.05, 3.63) is 72.1 Å². The Morgan fingerprint density at radius 3 is 2.58 bits per heavy atom. The molecule has 1 amide bonds. The lowest BCUT2D eigenvalue weighted by atomic mass is 10.1. The van der Waals surface area contributed by atoms with Crippen molar-refractivity contribution in [3.63, 3.8) is 0 Å². The molecule has 5 rings (SSSR count). The third-order valence-electron chi connectivity index (χ3n) is 5.95. The number of fused-ring (bicyclic) bond motifs is 1. The standard InChI is InChI=1S/C26H28N6O/c1-18-15-24(31-26(28-18)32-13-5-2-6-14-32)29-20-9-11-21(12-10-20)30-25(33)16-19-17-27-23-8-4-3-7-22(19)23/h3-4,7-12,15,17,27H,2,5-6,13-14,16H2,1H3,(H,30,33)(H,28,29,31). The second-order valence-electron chi connectivity index (χ2n) is 8.53. The lowest BCUT2D eigenvalue weighted by Gasteiger charge is -2.27. The van der Waals surface area contributed by atoms with Crippen LogP contribution >= 0.6 is 0 Å². The van der Waals surface area contributed by atoms with E-state index in [-0.39, 0.29) is 5.91 Å². The van der Waals surface area contributed by atoms with Gasteiger partial charge in [-0.25, -0.2) is 4.98 Å². The summed E-state index contributed by atoms with van der Waals surface area (Å²) in [6.45, 7) is 4.01. The molecule has 0 aliphatic carbocycles. The first-order chi connectivity index (χ1) is 16.1. The SMILES string of the molecule is Cc1cc(Nc2ccc(NC(=O)Cc3c[nH]c4ccccc34)cc2)nc(N2CCCCC2)n1. The van der Waals surface area contributed by atoms with Gasteiger partial charge in [0.15, 0.2) is 0 Å². The van der Waals surface area contributed by atoms with Crippen LogP contribution in [0.1, 0.15) is 30.5 Å². The van der Waals surface area contributed by atoms with E-state index >= 15 is 0 Å². The van der Waals surface area contributed by atoms with Gasteiger partial charge in [-0.2, -0.15) is 4.98 Å². The zero-order valence-electron chi connectivity index (χ0n) is 18.8. The number of hydrogen-bond donors (Lipinski definition) is 3. The van der Waals surface area contributed by atoms with Crippen molar-refractivity contribution in [2.45, 2.75) is 32.6 Å². The molecule has 0 unspecified atom stereocenters. The second kappa shape index (κ2) is 9.32. The topological polar surface area (TPSA) is 85.9 Å². The van der Waals surface area contributed by atoms with Crippen LogP contribution in [0.3, 0.4) is 0 Å². The van der Waals surface area contributed by atoms with Gasteiger partial charge in [-0.15, -0.1) is 0 Å². The van der Waals surface area contributed by atoms with Gasteiger partial charge in [0.05, 0.1) is 6.42 Å². The molecule has 0 saturated carbocycles. The molecule has 168 valence electrons. The van der Waals surface area contributed by atoms with Gasteiger partial charge in [0.1, 0.15) is 5.82 Å². The number of anilines is 4. The van der Waals surface area contributed by atoms with Gasteiger partial charge in [-0.05, 0) is 62.1 Å². The largest absolute Gasteiger partial charge is 0.361 e. The minimum atomic E-state index is -0.0435. The summed E-state index contributed by atoms with van der Waals surface area (Å²) >= 11 is 0. The van der Waals surface area contributed by atoms with E-state index in [1.807, 2.05) is 67.7 Å². The third-order valence-corrected chi connectivity index (χ3v) is 5.95. The molecule has 0 atom stereocenters. The Hall–Kier alpha value is -3.87. The fourth-order valence-corrected chi connectivity index (χ4v) is 4.29. The smallest absolute Gasteiger partial charge is 0.228 e. The minimum absolute atomic E-state index is 0.0435.